The summed E-state index contributed by atoms with van der Waals surface area (Å²) in [5.41, 5.74) is 1.15. The molecule has 1 N–H and O–H groups in total. The van der Waals surface area contributed by atoms with Crippen LogP contribution in [0.15, 0.2) is 22.8 Å². The van der Waals surface area contributed by atoms with Gasteiger partial charge >= 0.3 is 0 Å². The fourth-order valence-corrected chi connectivity index (χ4v) is 2.88. The molecule has 0 bridgehead atoms. The van der Waals surface area contributed by atoms with Gasteiger partial charge in [0, 0.05) is 43.5 Å². The van der Waals surface area contributed by atoms with Gasteiger partial charge in [0.2, 0.25) is 0 Å². The summed E-state index contributed by atoms with van der Waals surface area (Å²) in [4.78, 5) is 7.04. The van der Waals surface area contributed by atoms with Gasteiger partial charge in [-0.05, 0) is 47.4 Å². The van der Waals surface area contributed by atoms with Crippen LogP contribution in [-0.2, 0) is 11.3 Å². The van der Waals surface area contributed by atoms with Crippen LogP contribution in [0.5, 0.6) is 0 Å². The quantitative estimate of drug-likeness (QED) is 0.773. The van der Waals surface area contributed by atoms with E-state index in [1.807, 2.05) is 6.20 Å². The van der Waals surface area contributed by atoms with E-state index in [1.54, 1.807) is 7.11 Å². The van der Waals surface area contributed by atoms with Crippen LogP contribution >= 0.6 is 15.9 Å². The van der Waals surface area contributed by atoms with E-state index in [0.717, 1.165) is 36.4 Å². The molecule has 4 nitrogen and oxygen atoms in total. The second-order valence-corrected chi connectivity index (χ2v) is 6.20. The van der Waals surface area contributed by atoms with Gasteiger partial charge in [-0.25, -0.2) is 0 Å². The molecule has 20 heavy (non-hydrogen) atoms. The molecule has 112 valence electrons. The van der Waals surface area contributed by atoms with Gasteiger partial charge < -0.3 is 10.1 Å². The summed E-state index contributed by atoms with van der Waals surface area (Å²) in [5.74, 6) is 0. The first-order valence-corrected chi connectivity index (χ1v) is 8.13. The molecule has 2 heterocycles. The number of piperidine rings is 1. The van der Waals surface area contributed by atoms with E-state index in [1.165, 1.54) is 25.8 Å². The lowest BCUT2D eigenvalue weighted by Gasteiger charge is -2.35. The average molecular weight is 342 g/mol. The highest BCUT2D eigenvalue weighted by atomic mass is 79.9. The number of ether oxygens (including phenoxy) is 1. The van der Waals surface area contributed by atoms with Crippen molar-refractivity contribution in [1.82, 2.24) is 15.2 Å². The molecule has 0 saturated carbocycles. The lowest BCUT2D eigenvalue weighted by atomic mass is 10.0. The van der Waals surface area contributed by atoms with Crippen molar-refractivity contribution in [2.24, 2.45) is 0 Å². The van der Waals surface area contributed by atoms with Crippen molar-refractivity contribution in [3.63, 3.8) is 0 Å². The molecule has 5 heteroatoms. The van der Waals surface area contributed by atoms with E-state index >= 15 is 0 Å². The Hall–Kier alpha value is -0.490. The highest BCUT2D eigenvalue weighted by Gasteiger charge is 2.22. The average Bonchev–Trinajstić information content (AvgIpc) is 2.47. The van der Waals surface area contributed by atoms with Crippen LogP contribution in [0.1, 0.15) is 25.0 Å². The highest BCUT2D eigenvalue weighted by molar-refractivity contribution is 9.10. The van der Waals surface area contributed by atoms with Crippen LogP contribution in [0.3, 0.4) is 0 Å². The monoisotopic (exact) mass is 341 g/mol. The lowest BCUT2D eigenvalue weighted by molar-refractivity contribution is 0.131. The Kier molecular flexibility index (Phi) is 6.93. The molecule has 0 radical (unpaired) electrons. The Morgan fingerprint density at radius 2 is 2.35 bits per heavy atom. The zero-order chi connectivity index (χ0) is 14.2. The van der Waals surface area contributed by atoms with Gasteiger partial charge in [0.05, 0.1) is 12.3 Å². The first-order chi connectivity index (χ1) is 9.79. The Bertz CT molecular complexity index is 385. The summed E-state index contributed by atoms with van der Waals surface area (Å²) >= 11 is 3.43. The molecule has 1 aliphatic rings. The molecule has 1 aliphatic heterocycles. The van der Waals surface area contributed by atoms with Crippen LogP contribution in [0.4, 0.5) is 0 Å². The Balaban J connectivity index is 1.84. The zero-order valence-corrected chi connectivity index (χ0v) is 13.7. The number of nitrogens with one attached hydrogen (secondary N) is 1. The molecule has 1 fully saturated rings. The minimum Gasteiger partial charge on any atom is -0.383 e. The molecule has 0 spiro atoms. The third-order valence-electron chi connectivity index (χ3n) is 3.77. The number of pyridine rings is 1. The van der Waals surface area contributed by atoms with E-state index in [9.17, 15) is 0 Å². The van der Waals surface area contributed by atoms with Crippen LogP contribution in [0, 0.1) is 0 Å². The van der Waals surface area contributed by atoms with Crippen LogP contribution in [-0.4, -0.2) is 49.3 Å². The summed E-state index contributed by atoms with van der Waals surface area (Å²) in [5, 5.41) is 3.49. The first-order valence-electron chi connectivity index (χ1n) is 7.33. The summed E-state index contributed by atoms with van der Waals surface area (Å²) in [7, 11) is 1.74. The first kappa shape index (κ1) is 15.9. The number of nitrogens with zero attached hydrogens (tertiary/aromatic N) is 2. The molecule has 0 amide bonds. The molecule has 1 aromatic heterocycles. The molecule has 0 aromatic carbocycles. The van der Waals surface area contributed by atoms with Gasteiger partial charge in [0.25, 0.3) is 0 Å². The number of halogens is 1. The molecule has 1 atom stereocenters. The second kappa shape index (κ2) is 8.72. The zero-order valence-electron chi connectivity index (χ0n) is 12.1. The highest BCUT2D eigenvalue weighted by Crippen LogP contribution is 2.19. The molecule has 1 saturated heterocycles. The maximum absolute atomic E-state index is 5.07. The predicted molar refractivity (Wildman–Crippen MR) is 84.7 cm³/mol. The number of rotatable bonds is 7. The van der Waals surface area contributed by atoms with Gasteiger partial charge in [-0.3, -0.25) is 9.88 Å². The van der Waals surface area contributed by atoms with E-state index in [2.05, 4.69) is 43.3 Å². The van der Waals surface area contributed by atoms with Gasteiger partial charge in [-0.15, -0.1) is 0 Å². The minimum atomic E-state index is 0.617. The predicted octanol–water partition coefficient (Wildman–Crippen LogP) is 2.43. The van der Waals surface area contributed by atoms with Gasteiger partial charge in [0.1, 0.15) is 0 Å². The van der Waals surface area contributed by atoms with E-state index < -0.39 is 0 Å². The van der Waals surface area contributed by atoms with Crippen molar-refractivity contribution < 1.29 is 4.74 Å². The molecule has 1 unspecified atom stereocenters. The van der Waals surface area contributed by atoms with Crippen LogP contribution in [0.25, 0.3) is 0 Å². The molecule has 0 aliphatic carbocycles. The number of hydrogen-bond acceptors (Lipinski definition) is 4. The normalized spacial score (nSPS) is 20.2. The largest absolute Gasteiger partial charge is 0.383 e. The summed E-state index contributed by atoms with van der Waals surface area (Å²) in [6, 6.07) is 4.79. The second-order valence-electron chi connectivity index (χ2n) is 5.28. The van der Waals surface area contributed by atoms with Crippen molar-refractivity contribution in [2.75, 3.05) is 33.4 Å². The fourth-order valence-electron chi connectivity index (χ4n) is 2.65. The van der Waals surface area contributed by atoms with Crippen LogP contribution < -0.4 is 5.32 Å². The Morgan fingerprint density at radius 3 is 3.10 bits per heavy atom. The topological polar surface area (TPSA) is 37.4 Å². The van der Waals surface area contributed by atoms with E-state index in [0.29, 0.717) is 6.04 Å². The van der Waals surface area contributed by atoms with Gasteiger partial charge in [-0.2, -0.15) is 0 Å². The van der Waals surface area contributed by atoms with Gasteiger partial charge in [-0.1, -0.05) is 6.42 Å². The van der Waals surface area contributed by atoms with Crippen molar-refractivity contribution in [3.8, 4) is 0 Å². The number of likely N-dealkylation sites (tertiary alicyclic amines) is 1. The SMILES string of the molecule is COCCNCC1CCCCN1Cc1ccc(Br)cn1. The summed E-state index contributed by atoms with van der Waals surface area (Å²) in [6.07, 6.45) is 5.79. The smallest absolute Gasteiger partial charge is 0.0587 e. The maximum Gasteiger partial charge on any atom is 0.0587 e. The van der Waals surface area contributed by atoms with Crippen molar-refractivity contribution in [1.29, 1.82) is 0 Å². The van der Waals surface area contributed by atoms with Crippen LogP contribution in [0.2, 0.25) is 0 Å². The van der Waals surface area contributed by atoms with Gasteiger partial charge in [0.15, 0.2) is 0 Å². The third-order valence-corrected chi connectivity index (χ3v) is 4.23. The number of methoxy groups -OCH3 is 1. The number of aromatic nitrogens is 1. The molecule has 1 aromatic rings. The van der Waals surface area contributed by atoms with E-state index in [-0.39, 0.29) is 0 Å². The third kappa shape index (κ3) is 5.13. The standard InChI is InChI=1S/C15H24BrN3O/c1-20-9-7-17-11-15-4-2-3-8-19(15)12-14-6-5-13(16)10-18-14/h5-6,10,15,17H,2-4,7-9,11-12H2,1H3. The summed E-state index contributed by atoms with van der Waals surface area (Å²) in [6.45, 7) is 4.87. The maximum atomic E-state index is 5.07. The van der Waals surface area contributed by atoms with Crippen molar-refractivity contribution in [2.45, 2.75) is 31.8 Å². The lowest BCUT2D eigenvalue weighted by Crippen LogP contribution is -2.45. The Labute approximate surface area is 130 Å². The Morgan fingerprint density at radius 1 is 1.45 bits per heavy atom. The minimum absolute atomic E-state index is 0.617. The van der Waals surface area contributed by atoms with E-state index in [4.69, 9.17) is 4.74 Å². The summed E-state index contributed by atoms with van der Waals surface area (Å²) < 4.78 is 6.11. The van der Waals surface area contributed by atoms with Crippen molar-refractivity contribution in [3.05, 3.63) is 28.5 Å². The number of hydrogen-bond donors (Lipinski definition) is 1. The van der Waals surface area contributed by atoms with Crippen molar-refractivity contribution >= 4 is 15.9 Å². The molecular weight excluding hydrogens is 318 g/mol. The fraction of sp³-hybridized carbons (Fsp3) is 0.667. The molecule has 2 rings (SSSR count). The molecular formula is C15H24BrN3O.